The first-order valence-corrected chi connectivity index (χ1v) is 9.32. The van der Waals surface area contributed by atoms with E-state index < -0.39 is 5.54 Å². The van der Waals surface area contributed by atoms with E-state index in [0.29, 0.717) is 32.4 Å². The minimum absolute atomic E-state index is 0.0387. The number of carbonyl (C=O) groups excluding carboxylic acids is 2. The summed E-state index contributed by atoms with van der Waals surface area (Å²) in [5, 5.41) is 3.16. The average Bonchev–Trinajstić information content (AvgIpc) is 2.73. The summed E-state index contributed by atoms with van der Waals surface area (Å²) < 4.78 is 5.88. The molecule has 0 radical (unpaired) electrons. The zero-order chi connectivity index (χ0) is 18.7. The van der Waals surface area contributed by atoms with Gasteiger partial charge >= 0.3 is 0 Å². The number of hydrogen-bond donors (Lipinski definition) is 1. The highest BCUT2D eigenvalue weighted by Crippen LogP contribution is 2.37. The highest BCUT2D eigenvalue weighted by Gasteiger charge is 2.49. The molecule has 2 aliphatic heterocycles. The van der Waals surface area contributed by atoms with Crippen LogP contribution in [0.15, 0.2) is 54.9 Å². The second-order valence-electron chi connectivity index (χ2n) is 7.14. The highest BCUT2D eigenvalue weighted by molar-refractivity contribution is 5.80. The second-order valence-corrected chi connectivity index (χ2v) is 7.14. The quantitative estimate of drug-likeness (QED) is 0.894. The molecule has 27 heavy (non-hydrogen) atoms. The third kappa shape index (κ3) is 3.57. The van der Waals surface area contributed by atoms with E-state index in [2.05, 4.69) is 10.3 Å². The van der Waals surface area contributed by atoms with E-state index in [1.54, 1.807) is 12.4 Å². The van der Waals surface area contributed by atoms with Gasteiger partial charge in [-0.1, -0.05) is 36.4 Å². The number of rotatable bonds is 4. The summed E-state index contributed by atoms with van der Waals surface area (Å²) in [4.78, 5) is 30.7. The number of benzene rings is 1. The van der Waals surface area contributed by atoms with Crippen LogP contribution < -0.4 is 5.32 Å². The van der Waals surface area contributed by atoms with Gasteiger partial charge in [-0.15, -0.1) is 0 Å². The summed E-state index contributed by atoms with van der Waals surface area (Å²) in [6.45, 7) is 1.12. The van der Waals surface area contributed by atoms with E-state index in [9.17, 15) is 9.59 Å². The summed E-state index contributed by atoms with van der Waals surface area (Å²) in [7, 11) is 0. The standard InChI is InChI=1S/C21H23N3O3/c25-19-15-27-18-14-24(20(26)9-8-16-5-4-11-22-13-16)12-10-21(18,23-19)17-6-2-1-3-7-17/h1-7,11,13,18H,8-10,12,14-15H2,(H,23,25)/t18-,21+/m1/s1. The van der Waals surface area contributed by atoms with Crippen LogP contribution in [0.3, 0.4) is 0 Å². The first kappa shape index (κ1) is 17.7. The molecule has 2 saturated heterocycles. The lowest BCUT2D eigenvalue weighted by molar-refractivity contribution is -0.157. The van der Waals surface area contributed by atoms with E-state index >= 15 is 0 Å². The summed E-state index contributed by atoms with van der Waals surface area (Å²) in [6, 6.07) is 13.8. The van der Waals surface area contributed by atoms with Gasteiger partial charge < -0.3 is 15.0 Å². The molecule has 1 N–H and O–H groups in total. The zero-order valence-electron chi connectivity index (χ0n) is 15.1. The van der Waals surface area contributed by atoms with Crippen molar-refractivity contribution in [3.05, 3.63) is 66.0 Å². The molecule has 2 amide bonds. The Morgan fingerprint density at radius 1 is 1.26 bits per heavy atom. The molecule has 0 spiro atoms. The summed E-state index contributed by atoms with van der Waals surface area (Å²) in [6.07, 6.45) is 5.05. The Bertz CT molecular complexity index is 812. The number of aromatic nitrogens is 1. The molecule has 6 heteroatoms. The molecule has 4 rings (SSSR count). The molecule has 3 heterocycles. The van der Waals surface area contributed by atoms with Crippen molar-refractivity contribution in [2.24, 2.45) is 0 Å². The topological polar surface area (TPSA) is 71.5 Å². The molecule has 1 aromatic carbocycles. The number of nitrogens with one attached hydrogen (secondary N) is 1. The van der Waals surface area contributed by atoms with Crippen LogP contribution in [0.4, 0.5) is 0 Å². The molecule has 2 atom stereocenters. The average molecular weight is 365 g/mol. The van der Waals surface area contributed by atoms with Gasteiger partial charge in [0.2, 0.25) is 11.8 Å². The Balaban J connectivity index is 1.47. The molecule has 0 unspecified atom stereocenters. The number of amides is 2. The second kappa shape index (κ2) is 7.48. The number of carbonyl (C=O) groups is 2. The molecule has 0 aliphatic carbocycles. The lowest BCUT2D eigenvalue weighted by Gasteiger charge is -2.50. The Labute approximate surface area is 158 Å². The van der Waals surface area contributed by atoms with Gasteiger partial charge in [-0.05, 0) is 30.0 Å². The van der Waals surface area contributed by atoms with Crippen molar-refractivity contribution in [1.82, 2.24) is 15.2 Å². The Kier molecular flexibility index (Phi) is 4.90. The van der Waals surface area contributed by atoms with E-state index in [0.717, 1.165) is 11.1 Å². The smallest absolute Gasteiger partial charge is 0.246 e. The summed E-state index contributed by atoms with van der Waals surface area (Å²) >= 11 is 0. The number of morpholine rings is 1. The highest BCUT2D eigenvalue weighted by atomic mass is 16.5. The summed E-state index contributed by atoms with van der Waals surface area (Å²) in [5.41, 5.74) is 1.53. The van der Waals surface area contributed by atoms with Gasteiger partial charge in [-0.3, -0.25) is 14.6 Å². The van der Waals surface area contributed by atoms with Crippen LogP contribution in [-0.2, 0) is 26.3 Å². The van der Waals surface area contributed by atoms with Crippen LogP contribution in [0.1, 0.15) is 24.0 Å². The number of fused-ring (bicyclic) bond motifs is 1. The number of hydrogen-bond acceptors (Lipinski definition) is 4. The molecular formula is C21H23N3O3. The number of pyridine rings is 1. The fourth-order valence-corrected chi connectivity index (χ4v) is 4.04. The largest absolute Gasteiger partial charge is 0.364 e. The van der Waals surface area contributed by atoms with E-state index in [1.165, 1.54) is 0 Å². The Hall–Kier alpha value is -2.73. The van der Waals surface area contributed by atoms with Crippen LogP contribution in [0, 0.1) is 0 Å². The molecular weight excluding hydrogens is 342 g/mol. The first-order valence-electron chi connectivity index (χ1n) is 9.32. The molecule has 2 fully saturated rings. The van der Waals surface area contributed by atoms with Crippen LogP contribution in [0.2, 0.25) is 0 Å². The van der Waals surface area contributed by atoms with Gasteiger partial charge in [-0.2, -0.15) is 0 Å². The lowest BCUT2D eigenvalue weighted by Crippen LogP contribution is -2.67. The van der Waals surface area contributed by atoms with Gasteiger partial charge in [0.15, 0.2) is 0 Å². The fraction of sp³-hybridized carbons (Fsp3) is 0.381. The van der Waals surface area contributed by atoms with Crippen molar-refractivity contribution in [3.63, 3.8) is 0 Å². The normalized spacial score (nSPS) is 24.8. The van der Waals surface area contributed by atoms with Gasteiger partial charge in [0.25, 0.3) is 0 Å². The van der Waals surface area contributed by atoms with E-state index in [-0.39, 0.29) is 24.5 Å². The third-order valence-corrected chi connectivity index (χ3v) is 5.48. The molecule has 2 aliphatic rings. The van der Waals surface area contributed by atoms with Crippen molar-refractivity contribution < 1.29 is 14.3 Å². The molecule has 1 aromatic heterocycles. The Morgan fingerprint density at radius 3 is 2.89 bits per heavy atom. The number of nitrogens with zero attached hydrogens (tertiary/aromatic N) is 2. The van der Waals surface area contributed by atoms with Gasteiger partial charge in [0.05, 0.1) is 5.54 Å². The monoisotopic (exact) mass is 365 g/mol. The van der Waals surface area contributed by atoms with Crippen molar-refractivity contribution in [3.8, 4) is 0 Å². The van der Waals surface area contributed by atoms with E-state index in [1.807, 2.05) is 47.4 Å². The zero-order valence-corrected chi connectivity index (χ0v) is 15.1. The minimum atomic E-state index is -0.559. The molecule has 0 bridgehead atoms. The van der Waals surface area contributed by atoms with Crippen LogP contribution in [0.25, 0.3) is 0 Å². The first-order chi connectivity index (χ1) is 13.2. The van der Waals surface area contributed by atoms with Crippen molar-refractivity contribution in [2.45, 2.75) is 30.9 Å². The van der Waals surface area contributed by atoms with Crippen LogP contribution in [0.5, 0.6) is 0 Å². The van der Waals surface area contributed by atoms with Crippen molar-refractivity contribution in [1.29, 1.82) is 0 Å². The maximum atomic E-state index is 12.7. The number of piperidine rings is 1. The SMILES string of the molecule is O=C1CO[C@@H]2CN(C(=O)CCc3cccnc3)CC[C@@]2(c2ccccc2)N1. The number of likely N-dealkylation sites (tertiary alicyclic amines) is 1. The summed E-state index contributed by atoms with van der Waals surface area (Å²) in [5.74, 6) is 0.00692. The Morgan fingerprint density at radius 2 is 2.11 bits per heavy atom. The molecule has 6 nitrogen and oxygen atoms in total. The number of aryl methyl sites for hydroxylation is 1. The predicted molar refractivity (Wildman–Crippen MR) is 99.8 cm³/mol. The van der Waals surface area contributed by atoms with E-state index in [4.69, 9.17) is 4.74 Å². The maximum Gasteiger partial charge on any atom is 0.246 e. The predicted octanol–water partition coefficient (Wildman–Crippen LogP) is 1.66. The van der Waals surface area contributed by atoms with Crippen LogP contribution in [-0.4, -0.2) is 47.5 Å². The molecule has 140 valence electrons. The minimum Gasteiger partial charge on any atom is -0.364 e. The number of ether oxygens (including phenoxy) is 1. The van der Waals surface area contributed by atoms with Gasteiger partial charge in [0.1, 0.15) is 12.7 Å². The van der Waals surface area contributed by atoms with Gasteiger partial charge in [-0.25, -0.2) is 0 Å². The molecule has 2 aromatic rings. The van der Waals surface area contributed by atoms with Crippen LogP contribution >= 0.6 is 0 Å². The van der Waals surface area contributed by atoms with Crippen molar-refractivity contribution >= 4 is 11.8 Å². The van der Waals surface area contributed by atoms with Crippen molar-refractivity contribution in [2.75, 3.05) is 19.7 Å². The maximum absolute atomic E-state index is 12.7. The molecule has 0 saturated carbocycles. The fourth-order valence-electron chi connectivity index (χ4n) is 4.04. The lowest BCUT2D eigenvalue weighted by atomic mass is 9.77. The van der Waals surface area contributed by atoms with Gasteiger partial charge in [0, 0.05) is 31.9 Å². The third-order valence-electron chi connectivity index (χ3n) is 5.48.